The molecule has 232 valence electrons. The minimum absolute atomic E-state index is 0.0112. The normalized spacial score (nSPS) is 14.2. The molecule has 0 atom stereocenters. The summed E-state index contributed by atoms with van der Waals surface area (Å²) in [5.41, 5.74) is 3.46. The number of hydrogen-bond donors (Lipinski definition) is 1. The summed E-state index contributed by atoms with van der Waals surface area (Å²) in [5, 5.41) is 12.5. The highest BCUT2D eigenvalue weighted by molar-refractivity contribution is 5.83. The van der Waals surface area contributed by atoms with Crippen LogP contribution in [-0.4, -0.2) is 37.6 Å². The second kappa shape index (κ2) is 11.6. The van der Waals surface area contributed by atoms with Gasteiger partial charge >= 0.3 is 0 Å². The molecule has 1 N–H and O–H groups in total. The molecule has 0 spiro atoms. The summed E-state index contributed by atoms with van der Waals surface area (Å²) in [6, 6.07) is 14.2. The lowest BCUT2D eigenvalue weighted by Gasteiger charge is -2.31. The first kappa shape index (κ1) is 30.2. The van der Waals surface area contributed by atoms with E-state index in [2.05, 4.69) is 32.3 Å². The van der Waals surface area contributed by atoms with Crippen LogP contribution in [0.5, 0.6) is 0 Å². The van der Waals surface area contributed by atoms with Crippen LogP contribution in [0.25, 0.3) is 27.7 Å². The molecule has 0 saturated carbocycles. The van der Waals surface area contributed by atoms with Gasteiger partial charge in [-0.25, -0.2) is 14.1 Å². The largest absolute Gasteiger partial charge is 0.370 e. The standard InChI is InChI=1S/C35H38FN7O2/c1-21-12-14-42(15-13-21)25-10-11-31(37-20-25)39-29-18-28(40-41(6)33(29)44)26-8-7-9-30(22(26)2)43-34(45)32-23(19-38-43)16-24(17-27(32)36)35(3,4)5/h7-11,16-21H,12-15H2,1-6H3,(H,37,39). The van der Waals surface area contributed by atoms with E-state index in [1.165, 1.54) is 21.6 Å². The molecular weight excluding hydrogens is 569 g/mol. The van der Waals surface area contributed by atoms with Gasteiger partial charge in [0, 0.05) is 31.1 Å². The first-order valence-electron chi connectivity index (χ1n) is 15.3. The Labute approximate surface area is 261 Å². The second-order valence-electron chi connectivity index (χ2n) is 13.1. The highest BCUT2D eigenvalue weighted by atomic mass is 19.1. The average Bonchev–Trinajstić information content (AvgIpc) is 3.00. The fourth-order valence-electron chi connectivity index (χ4n) is 5.85. The predicted octanol–water partition coefficient (Wildman–Crippen LogP) is 6.27. The molecule has 4 heterocycles. The maximum atomic E-state index is 15.3. The van der Waals surface area contributed by atoms with Crippen molar-refractivity contribution in [2.75, 3.05) is 23.3 Å². The van der Waals surface area contributed by atoms with Crippen LogP contribution in [0.2, 0.25) is 0 Å². The van der Waals surface area contributed by atoms with E-state index in [9.17, 15) is 9.59 Å². The topological polar surface area (TPSA) is 97.9 Å². The molecule has 1 saturated heterocycles. The van der Waals surface area contributed by atoms with Crippen LogP contribution in [0.15, 0.2) is 70.5 Å². The molecule has 0 aliphatic carbocycles. The van der Waals surface area contributed by atoms with Gasteiger partial charge in [0.2, 0.25) is 0 Å². The molecule has 10 heteroatoms. The molecule has 6 rings (SSSR count). The first-order chi connectivity index (χ1) is 21.4. The lowest BCUT2D eigenvalue weighted by atomic mass is 9.86. The molecule has 0 amide bonds. The smallest absolute Gasteiger partial charge is 0.290 e. The number of aromatic nitrogens is 5. The Kier molecular flexibility index (Phi) is 7.76. The quantitative estimate of drug-likeness (QED) is 0.252. The molecule has 2 aromatic carbocycles. The van der Waals surface area contributed by atoms with E-state index in [1.54, 1.807) is 25.2 Å². The third kappa shape index (κ3) is 5.84. The van der Waals surface area contributed by atoms with Gasteiger partial charge in [-0.1, -0.05) is 39.8 Å². The third-order valence-corrected chi connectivity index (χ3v) is 8.74. The van der Waals surface area contributed by atoms with E-state index in [0.29, 0.717) is 39.4 Å². The summed E-state index contributed by atoms with van der Waals surface area (Å²) >= 11 is 0. The molecule has 45 heavy (non-hydrogen) atoms. The molecular formula is C35H38FN7O2. The van der Waals surface area contributed by atoms with Crippen molar-refractivity contribution < 1.29 is 4.39 Å². The zero-order chi connectivity index (χ0) is 32.0. The summed E-state index contributed by atoms with van der Waals surface area (Å²) in [7, 11) is 1.59. The van der Waals surface area contributed by atoms with Gasteiger partial charge < -0.3 is 10.2 Å². The maximum absolute atomic E-state index is 15.3. The number of benzene rings is 2. The third-order valence-electron chi connectivity index (χ3n) is 8.74. The highest BCUT2D eigenvalue weighted by Gasteiger charge is 2.21. The molecule has 0 unspecified atom stereocenters. The van der Waals surface area contributed by atoms with Gasteiger partial charge in [0.15, 0.2) is 0 Å². The summed E-state index contributed by atoms with van der Waals surface area (Å²) in [4.78, 5) is 33.6. The van der Waals surface area contributed by atoms with Crippen molar-refractivity contribution in [2.24, 2.45) is 13.0 Å². The zero-order valence-corrected chi connectivity index (χ0v) is 26.6. The average molecular weight is 608 g/mol. The number of fused-ring (bicyclic) bond motifs is 1. The zero-order valence-electron chi connectivity index (χ0n) is 26.6. The van der Waals surface area contributed by atoms with Crippen LogP contribution >= 0.6 is 0 Å². The number of aryl methyl sites for hydroxylation is 1. The molecule has 5 aromatic rings. The Hall–Kier alpha value is -4.86. The summed E-state index contributed by atoms with van der Waals surface area (Å²) in [6.45, 7) is 12.1. The van der Waals surface area contributed by atoms with Crippen molar-refractivity contribution in [3.8, 4) is 16.9 Å². The van der Waals surface area contributed by atoms with E-state index in [-0.39, 0.29) is 16.4 Å². The lowest BCUT2D eigenvalue weighted by Crippen LogP contribution is -2.32. The van der Waals surface area contributed by atoms with Crippen LogP contribution in [0.4, 0.5) is 21.6 Å². The second-order valence-corrected chi connectivity index (χ2v) is 13.1. The first-order valence-corrected chi connectivity index (χ1v) is 15.3. The minimum Gasteiger partial charge on any atom is -0.370 e. The molecule has 9 nitrogen and oxygen atoms in total. The number of pyridine rings is 1. The Morgan fingerprint density at radius 1 is 0.978 bits per heavy atom. The van der Waals surface area contributed by atoms with Crippen molar-refractivity contribution in [3.05, 3.63) is 98.6 Å². The van der Waals surface area contributed by atoms with Crippen molar-refractivity contribution in [2.45, 2.75) is 52.9 Å². The maximum Gasteiger partial charge on any atom is 0.290 e. The Morgan fingerprint density at radius 2 is 1.73 bits per heavy atom. The predicted molar refractivity (Wildman–Crippen MR) is 177 cm³/mol. The number of hydrogen-bond acceptors (Lipinski definition) is 7. The fourth-order valence-corrected chi connectivity index (χ4v) is 5.85. The van der Waals surface area contributed by atoms with Gasteiger partial charge in [-0.15, -0.1) is 0 Å². The molecule has 1 fully saturated rings. The van der Waals surface area contributed by atoms with E-state index >= 15 is 4.39 Å². The molecule has 0 bridgehead atoms. The summed E-state index contributed by atoms with van der Waals surface area (Å²) in [5.74, 6) is 0.716. The van der Waals surface area contributed by atoms with Gasteiger partial charge in [0.25, 0.3) is 11.1 Å². The van der Waals surface area contributed by atoms with Crippen LogP contribution in [-0.2, 0) is 12.5 Å². The number of nitrogens with one attached hydrogen (secondary N) is 1. The van der Waals surface area contributed by atoms with Gasteiger partial charge in [-0.2, -0.15) is 14.9 Å². The van der Waals surface area contributed by atoms with E-state index in [0.717, 1.165) is 43.1 Å². The lowest BCUT2D eigenvalue weighted by molar-refractivity contribution is 0.438. The summed E-state index contributed by atoms with van der Waals surface area (Å²) < 4.78 is 17.8. The number of nitrogens with zero attached hydrogens (tertiary/aromatic N) is 6. The van der Waals surface area contributed by atoms with Gasteiger partial charge in [-0.3, -0.25) is 9.59 Å². The van der Waals surface area contributed by atoms with E-state index in [4.69, 9.17) is 0 Å². The van der Waals surface area contributed by atoms with E-state index in [1.807, 2.05) is 58.2 Å². The molecule has 1 aliphatic heterocycles. The minimum atomic E-state index is -0.574. The highest BCUT2D eigenvalue weighted by Crippen LogP contribution is 2.30. The number of piperidine rings is 1. The Bertz CT molecular complexity index is 2020. The number of rotatable bonds is 5. The number of halogens is 1. The molecule has 3 aromatic heterocycles. The number of anilines is 3. The van der Waals surface area contributed by atoms with Crippen molar-refractivity contribution in [1.29, 1.82) is 0 Å². The van der Waals surface area contributed by atoms with Gasteiger partial charge in [0.1, 0.15) is 17.3 Å². The fraction of sp³-hybridized carbons (Fsp3) is 0.343. The van der Waals surface area contributed by atoms with Crippen LogP contribution in [0, 0.1) is 18.7 Å². The monoisotopic (exact) mass is 607 g/mol. The van der Waals surface area contributed by atoms with Crippen molar-refractivity contribution >= 4 is 28.0 Å². The Morgan fingerprint density at radius 3 is 2.42 bits per heavy atom. The molecule has 1 aliphatic rings. The van der Waals surface area contributed by atoms with Crippen LogP contribution < -0.4 is 21.3 Å². The SMILES string of the molecule is Cc1c(-c2cc(Nc3ccc(N4CCC(C)CC4)cn3)c(=O)n(C)n2)cccc1-n1ncc2cc(C(C)(C)C)cc(F)c2c1=O. The van der Waals surface area contributed by atoms with Gasteiger partial charge in [-0.05, 0) is 78.6 Å². The van der Waals surface area contributed by atoms with Crippen LogP contribution in [0.3, 0.4) is 0 Å². The van der Waals surface area contributed by atoms with E-state index < -0.39 is 11.4 Å². The molecule has 0 radical (unpaired) electrons. The van der Waals surface area contributed by atoms with Crippen molar-refractivity contribution in [1.82, 2.24) is 24.5 Å². The van der Waals surface area contributed by atoms with Crippen molar-refractivity contribution in [3.63, 3.8) is 0 Å². The Balaban J connectivity index is 1.34. The van der Waals surface area contributed by atoms with Gasteiger partial charge in [0.05, 0.1) is 34.8 Å². The van der Waals surface area contributed by atoms with Crippen LogP contribution in [0.1, 0.15) is 51.7 Å². The summed E-state index contributed by atoms with van der Waals surface area (Å²) in [6.07, 6.45) is 5.69.